The second-order valence-electron chi connectivity index (χ2n) is 9.26. The summed E-state index contributed by atoms with van der Waals surface area (Å²) < 4.78 is 1.43. The third kappa shape index (κ3) is 3.15. The molecule has 0 radical (unpaired) electrons. The smallest absolute Gasteiger partial charge is 0.309 e. The van der Waals surface area contributed by atoms with E-state index < -0.39 is 11.0 Å². The minimum absolute atomic E-state index is 0.0391. The Morgan fingerprint density at radius 3 is 2.33 bits per heavy atom. The summed E-state index contributed by atoms with van der Waals surface area (Å²) in [6.45, 7) is 5.53. The standard InChI is InChI=1S/C20H30N4O3/c1-4-18(20-8-14-5-15(9-20)7-16(6-14)10-20)21-19(25)13(3)23-11-17(24(26)27)12(2)22-23/h11,13-16,18H,4-10H2,1-3H3,(H,21,25). The number of carbonyl (C=O) groups is 1. The maximum Gasteiger partial charge on any atom is 0.309 e. The Balaban J connectivity index is 1.49. The van der Waals surface area contributed by atoms with Crippen molar-refractivity contribution in [2.45, 2.75) is 77.8 Å². The molecule has 1 N–H and O–H groups in total. The van der Waals surface area contributed by atoms with Crippen LogP contribution >= 0.6 is 0 Å². The van der Waals surface area contributed by atoms with E-state index in [0.29, 0.717) is 5.69 Å². The van der Waals surface area contributed by atoms with Crippen molar-refractivity contribution in [3.63, 3.8) is 0 Å². The Labute approximate surface area is 160 Å². The van der Waals surface area contributed by atoms with E-state index in [1.165, 1.54) is 49.4 Å². The Kier molecular flexibility index (Phi) is 4.51. The number of nitro groups is 1. The van der Waals surface area contributed by atoms with Crippen LogP contribution in [0.25, 0.3) is 0 Å². The van der Waals surface area contributed by atoms with Crippen molar-refractivity contribution in [3.05, 3.63) is 22.0 Å². The molecule has 0 aliphatic heterocycles. The van der Waals surface area contributed by atoms with E-state index in [9.17, 15) is 14.9 Å². The van der Waals surface area contributed by atoms with Crippen LogP contribution in [-0.2, 0) is 4.79 Å². The summed E-state index contributed by atoms with van der Waals surface area (Å²) >= 11 is 0. The summed E-state index contributed by atoms with van der Waals surface area (Å²) in [6.07, 6.45) is 10.2. The van der Waals surface area contributed by atoms with Crippen LogP contribution in [0, 0.1) is 40.2 Å². The van der Waals surface area contributed by atoms with Crippen LogP contribution in [0.3, 0.4) is 0 Å². The molecule has 4 aliphatic carbocycles. The Bertz CT molecular complexity index is 721. The lowest BCUT2D eigenvalue weighted by atomic mass is 9.47. The zero-order valence-electron chi connectivity index (χ0n) is 16.5. The van der Waals surface area contributed by atoms with Gasteiger partial charge in [0.15, 0.2) is 0 Å². The molecule has 7 heteroatoms. The van der Waals surface area contributed by atoms with Gasteiger partial charge in [0, 0.05) is 6.04 Å². The number of nitrogens with one attached hydrogen (secondary N) is 1. The zero-order valence-corrected chi connectivity index (χ0v) is 16.5. The average molecular weight is 374 g/mol. The van der Waals surface area contributed by atoms with Gasteiger partial charge in [-0.25, -0.2) is 0 Å². The average Bonchev–Trinajstić information content (AvgIpc) is 2.99. The molecular formula is C20H30N4O3. The predicted octanol–water partition coefficient (Wildman–Crippen LogP) is 3.77. The number of aryl methyl sites for hydroxylation is 1. The van der Waals surface area contributed by atoms with E-state index in [1.54, 1.807) is 13.8 Å². The lowest BCUT2D eigenvalue weighted by molar-refractivity contribution is -0.385. The van der Waals surface area contributed by atoms with Crippen molar-refractivity contribution in [1.29, 1.82) is 0 Å². The minimum Gasteiger partial charge on any atom is -0.351 e. The first-order chi connectivity index (χ1) is 12.8. The molecule has 4 fully saturated rings. The van der Waals surface area contributed by atoms with E-state index in [2.05, 4.69) is 17.3 Å². The molecule has 1 aromatic heterocycles. The normalized spacial score (nSPS) is 33.7. The molecular weight excluding hydrogens is 344 g/mol. The van der Waals surface area contributed by atoms with E-state index in [0.717, 1.165) is 24.2 Å². The Morgan fingerprint density at radius 1 is 1.33 bits per heavy atom. The summed E-state index contributed by atoms with van der Waals surface area (Å²) in [4.78, 5) is 23.6. The van der Waals surface area contributed by atoms with Crippen LogP contribution in [0.1, 0.15) is 70.5 Å². The van der Waals surface area contributed by atoms with E-state index in [4.69, 9.17) is 0 Å². The van der Waals surface area contributed by atoms with Gasteiger partial charge in [-0.05, 0) is 82.0 Å². The molecule has 0 spiro atoms. The molecule has 27 heavy (non-hydrogen) atoms. The molecule has 5 rings (SSSR count). The first-order valence-electron chi connectivity index (χ1n) is 10.3. The van der Waals surface area contributed by atoms with Gasteiger partial charge in [0.2, 0.25) is 5.91 Å². The molecule has 1 heterocycles. The van der Waals surface area contributed by atoms with E-state index >= 15 is 0 Å². The van der Waals surface area contributed by atoms with Gasteiger partial charge in [0.1, 0.15) is 17.9 Å². The number of amides is 1. The van der Waals surface area contributed by atoms with Gasteiger partial charge < -0.3 is 5.32 Å². The summed E-state index contributed by atoms with van der Waals surface area (Å²) in [5.74, 6) is 2.44. The summed E-state index contributed by atoms with van der Waals surface area (Å²) in [5, 5.41) is 18.6. The van der Waals surface area contributed by atoms with Gasteiger partial charge in [0.25, 0.3) is 0 Å². The maximum absolute atomic E-state index is 13.0. The summed E-state index contributed by atoms with van der Waals surface area (Å²) in [6, 6.07) is -0.368. The molecule has 1 aromatic rings. The molecule has 1 amide bonds. The molecule has 4 bridgehead atoms. The third-order valence-corrected chi connectivity index (χ3v) is 7.41. The van der Waals surface area contributed by atoms with Crippen LogP contribution in [0.5, 0.6) is 0 Å². The second kappa shape index (κ2) is 6.60. The highest BCUT2D eigenvalue weighted by Gasteiger charge is 2.54. The first-order valence-corrected chi connectivity index (χ1v) is 10.3. The van der Waals surface area contributed by atoms with Crippen LogP contribution < -0.4 is 5.32 Å². The highest BCUT2D eigenvalue weighted by molar-refractivity contribution is 5.80. The van der Waals surface area contributed by atoms with Crippen molar-refractivity contribution in [3.8, 4) is 0 Å². The highest BCUT2D eigenvalue weighted by Crippen LogP contribution is 2.61. The fraction of sp³-hybridized carbons (Fsp3) is 0.800. The number of carbonyl (C=O) groups excluding carboxylic acids is 1. The summed E-state index contributed by atoms with van der Waals surface area (Å²) in [7, 11) is 0. The van der Waals surface area contributed by atoms with Gasteiger partial charge in [-0.3, -0.25) is 19.6 Å². The molecule has 0 saturated heterocycles. The van der Waals surface area contributed by atoms with Crippen molar-refractivity contribution >= 4 is 11.6 Å². The van der Waals surface area contributed by atoms with E-state index in [1.807, 2.05) is 0 Å². The molecule has 0 aromatic carbocycles. The van der Waals surface area contributed by atoms with Crippen molar-refractivity contribution in [2.75, 3.05) is 0 Å². The largest absolute Gasteiger partial charge is 0.351 e. The topological polar surface area (TPSA) is 90.1 Å². The number of hydrogen-bond acceptors (Lipinski definition) is 4. The Hall–Kier alpha value is -1.92. The molecule has 4 saturated carbocycles. The number of nitrogens with zero attached hydrogens (tertiary/aromatic N) is 3. The van der Waals surface area contributed by atoms with Gasteiger partial charge in [-0.1, -0.05) is 6.92 Å². The maximum atomic E-state index is 13.0. The van der Waals surface area contributed by atoms with Gasteiger partial charge in [-0.2, -0.15) is 5.10 Å². The lowest BCUT2D eigenvalue weighted by Crippen LogP contribution is -2.57. The van der Waals surface area contributed by atoms with Gasteiger partial charge >= 0.3 is 5.69 Å². The SMILES string of the molecule is CCC(NC(=O)C(C)n1cc([N+](=O)[O-])c(C)n1)C12CC3CC(CC(C3)C1)C2. The minimum atomic E-state index is -0.555. The van der Waals surface area contributed by atoms with Crippen LogP contribution in [0.15, 0.2) is 6.20 Å². The quantitative estimate of drug-likeness (QED) is 0.606. The fourth-order valence-corrected chi connectivity index (χ4v) is 6.55. The molecule has 4 aliphatic rings. The molecule has 2 unspecified atom stereocenters. The molecule has 7 nitrogen and oxygen atoms in total. The molecule has 148 valence electrons. The highest BCUT2D eigenvalue weighted by atomic mass is 16.6. The monoisotopic (exact) mass is 374 g/mol. The molecule has 2 atom stereocenters. The first kappa shape index (κ1) is 18.4. The van der Waals surface area contributed by atoms with Crippen molar-refractivity contribution in [1.82, 2.24) is 15.1 Å². The predicted molar refractivity (Wildman–Crippen MR) is 101 cm³/mol. The van der Waals surface area contributed by atoms with Crippen LogP contribution in [-0.4, -0.2) is 26.7 Å². The fourth-order valence-electron chi connectivity index (χ4n) is 6.55. The second-order valence-corrected chi connectivity index (χ2v) is 9.26. The number of hydrogen-bond donors (Lipinski definition) is 1. The van der Waals surface area contributed by atoms with Gasteiger partial charge in [-0.15, -0.1) is 0 Å². The van der Waals surface area contributed by atoms with Crippen molar-refractivity contribution < 1.29 is 9.72 Å². The zero-order chi connectivity index (χ0) is 19.3. The van der Waals surface area contributed by atoms with Gasteiger partial charge in [0.05, 0.1) is 4.92 Å². The summed E-state index contributed by atoms with van der Waals surface area (Å²) in [5.41, 5.74) is 0.556. The third-order valence-electron chi connectivity index (χ3n) is 7.41. The Morgan fingerprint density at radius 2 is 1.89 bits per heavy atom. The lowest BCUT2D eigenvalue weighted by Gasteiger charge is -2.59. The number of rotatable bonds is 6. The van der Waals surface area contributed by atoms with E-state index in [-0.39, 0.29) is 23.1 Å². The van der Waals surface area contributed by atoms with Crippen LogP contribution in [0.2, 0.25) is 0 Å². The number of aromatic nitrogens is 2. The van der Waals surface area contributed by atoms with Crippen molar-refractivity contribution in [2.24, 2.45) is 23.2 Å². The van der Waals surface area contributed by atoms with Crippen LogP contribution in [0.4, 0.5) is 5.69 Å².